The fourth-order valence-electron chi connectivity index (χ4n) is 9.91. The van der Waals surface area contributed by atoms with E-state index in [-0.39, 0.29) is 16.2 Å². The zero-order valence-electron chi connectivity index (χ0n) is 33.4. The summed E-state index contributed by atoms with van der Waals surface area (Å²) in [6, 6.07) is 61.3. The van der Waals surface area contributed by atoms with Gasteiger partial charge in [-0.15, -0.1) is 0 Å². The van der Waals surface area contributed by atoms with Crippen LogP contribution in [0.25, 0.3) is 54.9 Å². The Balaban J connectivity index is 1.19. The van der Waals surface area contributed by atoms with Gasteiger partial charge in [-0.05, 0) is 138 Å². The Morgan fingerprint density at radius 1 is 0.393 bits per heavy atom. The molecule has 0 atom stereocenters. The summed E-state index contributed by atoms with van der Waals surface area (Å²) in [5.74, 6) is 0. The van der Waals surface area contributed by atoms with Gasteiger partial charge in [0.1, 0.15) is 0 Å². The number of rotatable bonds is 5. The van der Waals surface area contributed by atoms with Gasteiger partial charge in [-0.2, -0.15) is 0 Å². The molecule has 56 heavy (non-hydrogen) atoms. The smallest absolute Gasteiger partial charge is 0.0543 e. The summed E-state index contributed by atoms with van der Waals surface area (Å²) < 4.78 is 0. The van der Waals surface area contributed by atoms with Gasteiger partial charge < -0.3 is 4.90 Å². The van der Waals surface area contributed by atoms with Crippen LogP contribution in [0, 0.1) is 0 Å². The quantitative estimate of drug-likeness (QED) is 0.160. The van der Waals surface area contributed by atoms with Crippen LogP contribution in [0.5, 0.6) is 0 Å². The second-order valence-corrected chi connectivity index (χ2v) is 18.1. The predicted molar refractivity (Wildman–Crippen MR) is 240 cm³/mol. The van der Waals surface area contributed by atoms with Crippen molar-refractivity contribution in [3.8, 4) is 33.4 Å². The molecule has 0 bridgehead atoms. The van der Waals surface area contributed by atoms with E-state index in [9.17, 15) is 0 Å². The van der Waals surface area contributed by atoms with Crippen molar-refractivity contribution in [3.05, 3.63) is 186 Å². The van der Waals surface area contributed by atoms with Gasteiger partial charge in [0.2, 0.25) is 0 Å². The zero-order valence-corrected chi connectivity index (χ0v) is 33.4. The molecule has 8 aromatic carbocycles. The van der Waals surface area contributed by atoms with Crippen molar-refractivity contribution in [2.24, 2.45) is 0 Å². The van der Waals surface area contributed by atoms with E-state index < -0.39 is 0 Å². The van der Waals surface area contributed by atoms with Gasteiger partial charge in [-0.1, -0.05) is 163 Å². The Bertz CT molecular complexity index is 2840. The maximum Gasteiger partial charge on any atom is 0.0543 e. The van der Waals surface area contributed by atoms with Crippen LogP contribution in [0.4, 0.5) is 17.1 Å². The fraction of sp³-hybridized carbons (Fsp3) is 0.200. The number of fused-ring (bicyclic) bond motifs is 7. The summed E-state index contributed by atoms with van der Waals surface area (Å²) in [7, 11) is 0. The third-order valence-electron chi connectivity index (χ3n) is 13.3. The minimum absolute atomic E-state index is 0.117. The summed E-state index contributed by atoms with van der Waals surface area (Å²) in [6.45, 7) is 14.6. The van der Waals surface area contributed by atoms with Crippen molar-refractivity contribution < 1.29 is 0 Å². The largest absolute Gasteiger partial charge is 0.310 e. The van der Waals surface area contributed by atoms with E-state index in [1.807, 2.05) is 0 Å². The second-order valence-electron chi connectivity index (χ2n) is 18.1. The van der Waals surface area contributed by atoms with Crippen LogP contribution in [0.2, 0.25) is 0 Å². The molecule has 0 radical (unpaired) electrons. The first kappa shape index (κ1) is 34.6. The summed E-state index contributed by atoms with van der Waals surface area (Å²) in [6.07, 6.45) is 2.40. The molecule has 0 spiro atoms. The van der Waals surface area contributed by atoms with Crippen LogP contribution in [0.3, 0.4) is 0 Å². The van der Waals surface area contributed by atoms with Gasteiger partial charge in [0, 0.05) is 22.4 Å². The monoisotopic (exact) mass is 723 g/mol. The Kier molecular flexibility index (Phi) is 7.75. The van der Waals surface area contributed by atoms with Crippen LogP contribution in [0.1, 0.15) is 76.6 Å². The van der Waals surface area contributed by atoms with E-state index in [0.29, 0.717) is 0 Å². The van der Waals surface area contributed by atoms with E-state index in [1.165, 1.54) is 95.7 Å². The molecule has 0 N–H and O–H groups in total. The highest BCUT2D eigenvalue weighted by molar-refractivity contribution is 6.08. The lowest BCUT2D eigenvalue weighted by molar-refractivity contribution is 0.331. The molecule has 0 aromatic heterocycles. The fourth-order valence-corrected chi connectivity index (χ4v) is 9.91. The third kappa shape index (κ3) is 5.43. The van der Waals surface area contributed by atoms with Crippen molar-refractivity contribution in [3.63, 3.8) is 0 Å². The first-order valence-electron chi connectivity index (χ1n) is 20.3. The number of nitrogens with zero attached hydrogens (tertiary/aromatic N) is 1. The molecule has 0 fully saturated rings. The zero-order chi connectivity index (χ0) is 38.4. The maximum absolute atomic E-state index is 2.60. The number of hydrogen-bond donors (Lipinski definition) is 0. The molecule has 0 aliphatic heterocycles. The van der Waals surface area contributed by atoms with E-state index in [1.54, 1.807) is 0 Å². The highest BCUT2D eigenvalue weighted by Crippen LogP contribution is 2.58. The van der Waals surface area contributed by atoms with Crippen LogP contribution in [0.15, 0.2) is 164 Å². The van der Waals surface area contributed by atoms with Crippen molar-refractivity contribution in [2.75, 3.05) is 4.90 Å². The van der Waals surface area contributed by atoms with Crippen molar-refractivity contribution in [1.29, 1.82) is 0 Å². The van der Waals surface area contributed by atoms with Crippen molar-refractivity contribution >= 4 is 38.6 Å². The van der Waals surface area contributed by atoms with Crippen molar-refractivity contribution in [1.82, 2.24) is 0 Å². The number of benzene rings is 8. The average molecular weight is 724 g/mol. The normalized spacial score (nSPS) is 16.0. The first-order valence-corrected chi connectivity index (χ1v) is 20.3. The average Bonchev–Trinajstić information content (AvgIpc) is 3.45. The molecule has 274 valence electrons. The molecule has 0 amide bonds. The third-order valence-corrected chi connectivity index (χ3v) is 13.3. The second kappa shape index (κ2) is 12.6. The maximum atomic E-state index is 2.60. The topological polar surface area (TPSA) is 3.24 Å². The Morgan fingerprint density at radius 3 is 1.70 bits per heavy atom. The van der Waals surface area contributed by atoms with Crippen LogP contribution in [-0.2, 0) is 16.2 Å². The lowest BCUT2D eigenvalue weighted by Gasteiger charge is -2.42. The highest BCUT2D eigenvalue weighted by atomic mass is 15.1. The van der Waals surface area contributed by atoms with Gasteiger partial charge in [-0.3, -0.25) is 0 Å². The van der Waals surface area contributed by atoms with Crippen LogP contribution in [-0.4, -0.2) is 0 Å². The SMILES string of the molecule is CC1(C)CCC(C)(C)c2cc3c(cc21)-c1c(N(c2cccc(-c4ccccc4)c2)c2cccc(-c4ccc5c(ccc6ccccc65)c4)c2)cccc1C3(C)C. The van der Waals surface area contributed by atoms with Crippen molar-refractivity contribution in [2.45, 2.75) is 70.6 Å². The summed E-state index contributed by atoms with van der Waals surface area (Å²) in [4.78, 5) is 2.52. The highest BCUT2D eigenvalue weighted by Gasteiger charge is 2.43. The molecule has 8 aromatic rings. The molecular formula is C55H49N. The van der Waals surface area contributed by atoms with Gasteiger partial charge in [-0.25, -0.2) is 0 Å². The molecule has 1 nitrogen and oxygen atoms in total. The minimum atomic E-state index is -0.137. The summed E-state index contributed by atoms with van der Waals surface area (Å²) >= 11 is 0. The Hall–Kier alpha value is -5.92. The molecule has 1 heteroatoms. The van der Waals surface area contributed by atoms with E-state index in [0.717, 1.165) is 11.4 Å². The molecule has 2 aliphatic rings. The minimum Gasteiger partial charge on any atom is -0.310 e. The van der Waals surface area contributed by atoms with E-state index in [2.05, 4.69) is 210 Å². The lowest BCUT2D eigenvalue weighted by Crippen LogP contribution is -2.34. The molecule has 10 rings (SSSR count). The molecule has 0 heterocycles. The standard InChI is InChI=1S/C55H49N/c1-53(2)29-30-54(3,4)50-35-48-46(34-49(50)53)52-47(55(48,5)6)23-14-24-51(52)56(42-20-12-18-38(32-42)36-15-8-7-9-16-36)43-21-13-19-39(33-43)40-27-28-45-41(31-40)26-25-37-17-10-11-22-44(37)45/h7-28,31-35H,29-30H2,1-6H3. The first-order chi connectivity index (χ1) is 27.0. The number of anilines is 3. The summed E-state index contributed by atoms with van der Waals surface area (Å²) in [5, 5.41) is 5.12. The van der Waals surface area contributed by atoms with E-state index in [4.69, 9.17) is 0 Å². The van der Waals surface area contributed by atoms with Gasteiger partial charge >= 0.3 is 0 Å². The molecule has 0 saturated heterocycles. The number of hydrogen-bond acceptors (Lipinski definition) is 1. The molecule has 0 unspecified atom stereocenters. The Morgan fingerprint density at radius 2 is 0.964 bits per heavy atom. The van der Waals surface area contributed by atoms with Gasteiger partial charge in [0.05, 0.1) is 5.69 Å². The molecule has 0 saturated carbocycles. The Labute approximate surface area is 332 Å². The lowest BCUT2D eigenvalue weighted by atomic mass is 9.62. The van der Waals surface area contributed by atoms with E-state index >= 15 is 0 Å². The van der Waals surface area contributed by atoms with Crippen LogP contribution < -0.4 is 4.90 Å². The molecular weight excluding hydrogens is 675 g/mol. The van der Waals surface area contributed by atoms with Crippen LogP contribution >= 0.6 is 0 Å². The van der Waals surface area contributed by atoms with Gasteiger partial charge in [0.15, 0.2) is 0 Å². The van der Waals surface area contributed by atoms with Gasteiger partial charge in [0.25, 0.3) is 0 Å². The summed E-state index contributed by atoms with van der Waals surface area (Å²) in [5.41, 5.74) is 17.1. The molecule has 2 aliphatic carbocycles. The predicted octanol–water partition coefficient (Wildman–Crippen LogP) is 15.5.